The van der Waals surface area contributed by atoms with Crippen LogP contribution in [0.25, 0.3) is 0 Å². The molecule has 0 fully saturated rings. The molecule has 0 aliphatic rings. The van der Waals surface area contributed by atoms with Crippen molar-refractivity contribution >= 4 is 27.3 Å². The van der Waals surface area contributed by atoms with Crippen LogP contribution in [-0.4, -0.2) is 0 Å². The number of rotatable bonds is 4. The summed E-state index contributed by atoms with van der Waals surface area (Å²) in [6.45, 7) is 5.20. The number of hydrogen-bond acceptors (Lipinski definition) is 2. The molecule has 2 rings (SSSR count). The van der Waals surface area contributed by atoms with Gasteiger partial charge in [-0.15, -0.1) is 11.3 Å². The number of thiophene rings is 1. The Bertz CT molecular complexity index is 479. The zero-order valence-corrected chi connectivity index (χ0v) is 12.4. The highest BCUT2D eigenvalue weighted by atomic mass is 79.9. The first kappa shape index (κ1) is 12.8. The Balaban J connectivity index is 1.98. The van der Waals surface area contributed by atoms with Crippen molar-refractivity contribution in [3.8, 4) is 0 Å². The molecule has 0 saturated carbocycles. The zero-order chi connectivity index (χ0) is 12.3. The lowest BCUT2D eigenvalue weighted by Crippen LogP contribution is -2.17. The Kier molecular flexibility index (Phi) is 4.37. The lowest BCUT2D eigenvalue weighted by atomic mass is 10.1. The summed E-state index contributed by atoms with van der Waals surface area (Å²) in [5.41, 5.74) is 2.59. The van der Waals surface area contributed by atoms with Crippen LogP contribution in [0.1, 0.15) is 29.0 Å². The molecule has 0 spiro atoms. The molecule has 1 nitrogen and oxygen atoms in total. The van der Waals surface area contributed by atoms with Crippen LogP contribution in [0.2, 0.25) is 0 Å². The maximum absolute atomic E-state index is 3.61. The Hall–Kier alpha value is -0.640. The molecule has 1 aromatic carbocycles. The highest BCUT2D eigenvalue weighted by Gasteiger charge is 2.06. The van der Waals surface area contributed by atoms with E-state index in [1.807, 2.05) is 0 Å². The number of benzene rings is 1. The Morgan fingerprint density at radius 2 is 2.18 bits per heavy atom. The van der Waals surface area contributed by atoms with E-state index in [9.17, 15) is 0 Å². The van der Waals surface area contributed by atoms with E-state index < -0.39 is 0 Å². The maximum Gasteiger partial charge on any atom is 0.0388 e. The molecule has 0 bridgehead atoms. The van der Waals surface area contributed by atoms with Gasteiger partial charge in [0.05, 0.1) is 0 Å². The second-order valence-corrected chi connectivity index (χ2v) is 6.05. The SMILES string of the molecule is Cc1ccc(CN[C@@H](C)c2cccs2)c(Br)c1. The number of nitrogens with one attached hydrogen (secondary N) is 1. The highest BCUT2D eigenvalue weighted by Crippen LogP contribution is 2.21. The normalized spacial score (nSPS) is 12.6. The molecule has 0 aliphatic heterocycles. The first-order valence-electron chi connectivity index (χ1n) is 5.68. The third-order valence-electron chi connectivity index (χ3n) is 2.78. The van der Waals surface area contributed by atoms with Crippen molar-refractivity contribution in [3.63, 3.8) is 0 Å². The molecule has 3 heteroatoms. The van der Waals surface area contributed by atoms with Gasteiger partial charge in [-0.3, -0.25) is 0 Å². The van der Waals surface area contributed by atoms with E-state index in [1.165, 1.54) is 20.5 Å². The molecule has 1 heterocycles. The average molecular weight is 310 g/mol. The molecule has 0 amide bonds. The summed E-state index contributed by atoms with van der Waals surface area (Å²) in [5.74, 6) is 0. The van der Waals surface area contributed by atoms with Gasteiger partial charge in [0.1, 0.15) is 0 Å². The van der Waals surface area contributed by atoms with Gasteiger partial charge in [-0.05, 0) is 42.5 Å². The molecule has 0 radical (unpaired) electrons. The standard InChI is InChI=1S/C14H16BrNS/c1-10-5-6-12(13(15)8-10)9-16-11(2)14-4-3-7-17-14/h3-8,11,16H,9H2,1-2H3/t11-/m0/s1. The van der Waals surface area contributed by atoms with E-state index in [0.29, 0.717) is 6.04 Å². The molecular formula is C14H16BrNS. The summed E-state index contributed by atoms with van der Waals surface area (Å²) >= 11 is 5.41. The van der Waals surface area contributed by atoms with Crippen LogP contribution < -0.4 is 5.32 Å². The maximum atomic E-state index is 3.61. The van der Waals surface area contributed by atoms with Crippen molar-refractivity contribution in [3.05, 3.63) is 56.2 Å². The van der Waals surface area contributed by atoms with Crippen molar-refractivity contribution in [2.45, 2.75) is 26.4 Å². The second kappa shape index (κ2) is 5.80. The quantitative estimate of drug-likeness (QED) is 0.865. The minimum absolute atomic E-state index is 0.406. The molecule has 90 valence electrons. The summed E-state index contributed by atoms with van der Waals surface area (Å²) in [6.07, 6.45) is 0. The molecule has 0 aliphatic carbocycles. The van der Waals surface area contributed by atoms with Gasteiger partial charge in [0, 0.05) is 21.9 Å². The van der Waals surface area contributed by atoms with Gasteiger partial charge in [-0.1, -0.05) is 34.1 Å². The Labute approximate surface area is 115 Å². The third-order valence-corrected chi connectivity index (χ3v) is 4.57. The second-order valence-electron chi connectivity index (χ2n) is 4.21. The smallest absolute Gasteiger partial charge is 0.0388 e. The van der Waals surface area contributed by atoms with Crippen LogP contribution in [0.4, 0.5) is 0 Å². The summed E-state index contributed by atoms with van der Waals surface area (Å²) < 4.78 is 1.18. The Morgan fingerprint density at radius 3 is 2.82 bits per heavy atom. The van der Waals surface area contributed by atoms with Crippen LogP contribution in [0, 0.1) is 6.92 Å². The molecule has 2 aromatic rings. The summed E-state index contributed by atoms with van der Waals surface area (Å²) in [7, 11) is 0. The lowest BCUT2D eigenvalue weighted by molar-refractivity contribution is 0.582. The topological polar surface area (TPSA) is 12.0 Å². The van der Waals surface area contributed by atoms with Crippen LogP contribution in [0.3, 0.4) is 0 Å². The van der Waals surface area contributed by atoms with Crippen LogP contribution in [-0.2, 0) is 6.54 Å². The minimum atomic E-state index is 0.406. The minimum Gasteiger partial charge on any atom is -0.305 e. The molecule has 1 atom stereocenters. The molecule has 0 saturated heterocycles. The summed E-state index contributed by atoms with van der Waals surface area (Å²) in [4.78, 5) is 1.38. The number of hydrogen-bond donors (Lipinski definition) is 1. The van der Waals surface area contributed by atoms with E-state index in [4.69, 9.17) is 0 Å². The monoisotopic (exact) mass is 309 g/mol. The van der Waals surface area contributed by atoms with Crippen molar-refractivity contribution < 1.29 is 0 Å². The first-order chi connectivity index (χ1) is 8.16. The zero-order valence-electron chi connectivity index (χ0n) is 10.0. The molecule has 1 aromatic heterocycles. The fourth-order valence-electron chi connectivity index (χ4n) is 1.70. The largest absolute Gasteiger partial charge is 0.305 e. The van der Waals surface area contributed by atoms with Gasteiger partial charge in [-0.25, -0.2) is 0 Å². The van der Waals surface area contributed by atoms with Crippen molar-refractivity contribution in [1.29, 1.82) is 0 Å². The van der Waals surface area contributed by atoms with Crippen LogP contribution in [0.15, 0.2) is 40.2 Å². The van der Waals surface area contributed by atoms with Gasteiger partial charge in [0.15, 0.2) is 0 Å². The first-order valence-corrected chi connectivity index (χ1v) is 7.36. The average Bonchev–Trinajstić information content (AvgIpc) is 2.81. The van der Waals surface area contributed by atoms with Crippen molar-refractivity contribution in [2.75, 3.05) is 0 Å². The van der Waals surface area contributed by atoms with Gasteiger partial charge in [0.25, 0.3) is 0 Å². The van der Waals surface area contributed by atoms with Crippen molar-refractivity contribution in [1.82, 2.24) is 5.32 Å². The fraction of sp³-hybridized carbons (Fsp3) is 0.286. The lowest BCUT2D eigenvalue weighted by Gasteiger charge is -2.13. The third kappa shape index (κ3) is 3.41. The van der Waals surface area contributed by atoms with E-state index in [1.54, 1.807) is 11.3 Å². The van der Waals surface area contributed by atoms with E-state index >= 15 is 0 Å². The van der Waals surface area contributed by atoms with E-state index in [0.717, 1.165) is 6.54 Å². The predicted octanol–water partition coefficient (Wildman–Crippen LogP) is 4.67. The van der Waals surface area contributed by atoms with E-state index in [2.05, 4.69) is 70.8 Å². The van der Waals surface area contributed by atoms with Gasteiger partial charge in [0.2, 0.25) is 0 Å². The molecule has 0 unspecified atom stereocenters. The number of aryl methyl sites for hydroxylation is 1. The molecule has 17 heavy (non-hydrogen) atoms. The molecule has 1 N–H and O–H groups in total. The van der Waals surface area contributed by atoms with Crippen molar-refractivity contribution in [2.24, 2.45) is 0 Å². The van der Waals surface area contributed by atoms with Crippen LogP contribution in [0.5, 0.6) is 0 Å². The van der Waals surface area contributed by atoms with Crippen LogP contribution >= 0.6 is 27.3 Å². The highest BCUT2D eigenvalue weighted by molar-refractivity contribution is 9.10. The summed E-state index contributed by atoms with van der Waals surface area (Å²) in [5, 5.41) is 5.66. The van der Waals surface area contributed by atoms with Gasteiger partial charge < -0.3 is 5.32 Å². The number of halogens is 1. The van der Waals surface area contributed by atoms with Gasteiger partial charge >= 0.3 is 0 Å². The Morgan fingerprint density at radius 1 is 1.35 bits per heavy atom. The fourth-order valence-corrected chi connectivity index (χ4v) is 3.09. The molecular weight excluding hydrogens is 294 g/mol. The summed E-state index contributed by atoms with van der Waals surface area (Å²) in [6, 6.07) is 11.2. The van der Waals surface area contributed by atoms with E-state index in [-0.39, 0.29) is 0 Å². The predicted molar refractivity (Wildman–Crippen MR) is 78.5 cm³/mol. The van der Waals surface area contributed by atoms with Gasteiger partial charge in [-0.2, -0.15) is 0 Å².